The van der Waals surface area contributed by atoms with Crippen LogP contribution in [0.1, 0.15) is 18.5 Å². The molecular weight excluding hydrogens is 314 g/mol. The van der Waals surface area contributed by atoms with Crippen LogP contribution in [-0.2, 0) is 0 Å². The second kappa shape index (κ2) is 5.58. The van der Waals surface area contributed by atoms with Gasteiger partial charge in [0.2, 0.25) is 0 Å². The zero-order valence-electron chi connectivity index (χ0n) is 11.0. The second-order valence-corrected chi connectivity index (χ2v) is 6.11. The molecule has 2 aromatic carbocycles. The van der Waals surface area contributed by atoms with E-state index >= 15 is 0 Å². The van der Waals surface area contributed by atoms with Gasteiger partial charge in [0, 0.05) is 0 Å². The van der Waals surface area contributed by atoms with Crippen molar-refractivity contribution >= 4 is 38.3 Å². The lowest BCUT2D eigenvalue weighted by atomic mass is 10.1. The molecule has 0 aliphatic carbocycles. The molecule has 0 amide bonds. The van der Waals surface area contributed by atoms with Gasteiger partial charge in [-0.3, -0.25) is 0 Å². The number of hydrogen-bond acceptors (Lipinski definition) is 3. The molecule has 0 aliphatic rings. The van der Waals surface area contributed by atoms with Gasteiger partial charge in [0.25, 0.3) is 0 Å². The third-order valence-corrected chi connectivity index (χ3v) is 4.38. The van der Waals surface area contributed by atoms with Gasteiger partial charge in [0.15, 0.2) is 5.13 Å². The number of nitrogens with zero attached hydrogens (tertiary/aromatic N) is 1. The van der Waals surface area contributed by atoms with Gasteiger partial charge < -0.3 is 5.32 Å². The van der Waals surface area contributed by atoms with Gasteiger partial charge in [0.1, 0.15) is 11.6 Å². The van der Waals surface area contributed by atoms with Gasteiger partial charge in [-0.15, -0.1) is 0 Å². The number of anilines is 1. The number of hydrogen-bond donors (Lipinski definition) is 1. The largest absolute Gasteiger partial charge is 0.355 e. The van der Waals surface area contributed by atoms with E-state index in [0.717, 1.165) is 10.3 Å². The average molecular weight is 325 g/mol. The first kappa shape index (κ1) is 14.2. The van der Waals surface area contributed by atoms with Crippen molar-refractivity contribution in [3.8, 4) is 0 Å². The topological polar surface area (TPSA) is 24.9 Å². The van der Waals surface area contributed by atoms with Crippen LogP contribution in [0.15, 0.2) is 36.4 Å². The standard InChI is InChI=1S/C15H11ClF2N2S/c1-8(9-2-4-10(17)5-3-9)19-15-20-13-6-11(16)12(18)7-14(13)21-15/h2-8H,1H3,(H,19,20)/t8-/m0/s1. The van der Waals surface area contributed by atoms with Crippen molar-refractivity contribution in [2.24, 2.45) is 0 Å². The maximum absolute atomic E-state index is 13.4. The minimum atomic E-state index is -0.453. The molecule has 1 heterocycles. The summed E-state index contributed by atoms with van der Waals surface area (Å²) in [5.41, 5.74) is 1.60. The van der Waals surface area contributed by atoms with Gasteiger partial charge >= 0.3 is 0 Å². The maximum atomic E-state index is 13.4. The van der Waals surface area contributed by atoms with Crippen LogP contribution in [-0.4, -0.2) is 4.98 Å². The molecule has 6 heteroatoms. The van der Waals surface area contributed by atoms with Crippen molar-refractivity contribution in [3.63, 3.8) is 0 Å². The fourth-order valence-corrected chi connectivity index (χ4v) is 3.12. The summed E-state index contributed by atoms with van der Waals surface area (Å²) >= 11 is 7.10. The molecular formula is C15H11ClF2N2S. The van der Waals surface area contributed by atoms with Gasteiger partial charge in [-0.1, -0.05) is 35.1 Å². The van der Waals surface area contributed by atoms with E-state index in [1.807, 2.05) is 6.92 Å². The van der Waals surface area contributed by atoms with Gasteiger partial charge in [-0.25, -0.2) is 13.8 Å². The molecule has 2 nitrogen and oxygen atoms in total. The number of fused-ring (bicyclic) bond motifs is 1. The fraction of sp³-hybridized carbons (Fsp3) is 0.133. The molecule has 3 aromatic rings. The van der Waals surface area contributed by atoms with E-state index in [1.54, 1.807) is 12.1 Å². The molecule has 0 saturated heterocycles. The summed E-state index contributed by atoms with van der Waals surface area (Å²) in [6.45, 7) is 1.95. The summed E-state index contributed by atoms with van der Waals surface area (Å²) < 4.78 is 27.1. The zero-order chi connectivity index (χ0) is 15.0. The Morgan fingerprint density at radius 2 is 1.90 bits per heavy atom. The molecule has 21 heavy (non-hydrogen) atoms. The van der Waals surface area contributed by atoms with E-state index in [9.17, 15) is 8.78 Å². The number of nitrogens with one attached hydrogen (secondary N) is 1. The minimum absolute atomic E-state index is 0.0357. The molecule has 0 aliphatic heterocycles. The number of halogens is 3. The van der Waals surface area contributed by atoms with Crippen molar-refractivity contribution in [2.45, 2.75) is 13.0 Å². The molecule has 0 unspecified atom stereocenters. The normalized spacial score (nSPS) is 12.6. The highest BCUT2D eigenvalue weighted by Crippen LogP contribution is 2.31. The summed E-state index contributed by atoms with van der Waals surface area (Å²) in [7, 11) is 0. The van der Waals surface area contributed by atoms with E-state index in [2.05, 4.69) is 10.3 Å². The molecule has 3 rings (SSSR count). The number of aromatic nitrogens is 1. The molecule has 0 bridgehead atoms. The first-order chi connectivity index (χ1) is 10.0. The Morgan fingerprint density at radius 3 is 2.62 bits per heavy atom. The summed E-state index contributed by atoms with van der Waals surface area (Å²) in [4.78, 5) is 4.38. The van der Waals surface area contributed by atoms with Crippen molar-refractivity contribution in [3.05, 3.63) is 58.6 Å². The van der Waals surface area contributed by atoms with Crippen LogP contribution in [0.3, 0.4) is 0 Å². The second-order valence-electron chi connectivity index (χ2n) is 4.67. The van der Waals surface area contributed by atoms with E-state index in [0.29, 0.717) is 10.6 Å². The fourth-order valence-electron chi connectivity index (χ4n) is 2.01. The Morgan fingerprint density at radius 1 is 1.19 bits per heavy atom. The monoisotopic (exact) mass is 324 g/mol. The summed E-state index contributed by atoms with van der Waals surface area (Å²) in [5, 5.41) is 3.96. The number of rotatable bonds is 3. The molecule has 0 saturated carbocycles. The molecule has 1 N–H and O–H groups in total. The average Bonchev–Trinajstić information content (AvgIpc) is 2.81. The molecule has 1 atom stereocenters. The molecule has 0 fully saturated rings. The lowest BCUT2D eigenvalue weighted by molar-refractivity contribution is 0.626. The van der Waals surface area contributed by atoms with Crippen LogP contribution >= 0.6 is 22.9 Å². The molecule has 0 radical (unpaired) electrons. The highest BCUT2D eigenvalue weighted by Gasteiger charge is 2.11. The molecule has 0 spiro atoms. The van der Waals surface area contributed by atoms with Crippen LogP contribution in [0.4, 0.5) is 13.9 Å². The van der Waals surface area contributed by atoms with E-state index in [4.69, 9.17) is 11.6 Å². The van der Waals surface area contributed by atoms with Gasteiger partial charge in [-0.2, -0.15) is 0 Å². The molecule has 108 valence electrons. The number of thiazole rings is 1. The Hall–Kier alpha value is -1.72. The smallest absolute Gasteiger partial charge is 0.184 e. The predicted octanol–water partition coefficient (Wildman–Crippen LogP) is 5.40. The highest BCUT2D eigenvalue weighted by molar-refractivity contribution is 7.22. The van der Waals surface area contributed by atoms with Crippen molar-refractivity contribution in [2.75, 3.05) is 5.32 Å². The van der Waals surface area contributed by atoms with Crippen molar-refractivity contribution in [1.82, 2.24) is 4.98 Å². The SMILES string of the molecule is C[C@H](Nc1nc2cc(Cl)c(F)cc2s1)c1ccc(F)cc1. The minimum Gasteiger partial charge on any atom is -0.355 e. The van der Waals surface area contributed by atoms with Crippen LogP contribution < -0.4 is 5.32 Å². The van der Waals surface area contributed by atoms with Gasteiger partial charge in [0.05, 0.1) is 21.3 Å². The van der Waals surface area contributed by atoms with E-state index in [-0.39, 0.29) is 16.9 Å². The Bertz CT molecular complexity index is 747. The summed E-state index contributed by atoms with van der Waals surface area (Å²) in [5.74, 6) is -0.720. The third-order valence-electron chi connectivity index (χ3n) is 3.14. The van der Waals surface area contributed by atoms with E-state index < -0.39 is 5.82 Å². The third kappa shape index (κ3) is 2.99. The predicted molar refractivity (Wildman–Crippen MR) is 83.0 cm³/mol. The summed E-state index contributed by atoms with van der Waals surface area (Å²) in [6, 6.07) is 9.13. The Balaban J connectivity index is 1.85. The van der Waals surface area contributed by atoms with Crippen molar-refractivity contribution in [1.29, 1.82) is 0 Å². The molecule has 1 aromatic heterocycles. The first-order valence-electron chi connectivity index (χ1n) is 6.30. The zero-order valence-corrected chi connectivity index (χ0v) is 12.6. The highest BCUT2D eigenvalue weighted by atomic mass is 35.5. The van der Waals surface area contributed by atoms with Crippen molar-refractivity contribution < 1.29 is 8.78 Å². The quantitative estimate of drug-likeness (QED) is 0.697. The Labute approximate surface area is 129 Å². The van der Waals surface area contributed by atoms with E-state index in [1.165, 1.54) is 35.6 Å². The Kier molecular flexibility index (Phi) is 3.78. The summed E-state index contributed by atoms with van der Waals surface area (Å²) in [6.07, 6.45) is 0. The van der Waals surface area contributed by atoms with Crippen LogP contribution in [0.5, 0.6) is 0 Å². The number of benzene rings is 2. The van der Waals surface area contributed by atoms with Crippen LogP contribution in [0, 0.1) is 11.6 Å². The van der Waals surface area contributed by atoms with Crippen LogP contribution in [0.25, 0.3) is 10.2 Å². The first-order valence-corrected chi connectivity index (χ1v) is 7.50. The van der Waals surface area contributed by atoms with Crippen LogP contribution in [0.2, 0.25) is 5.02 Å². The maximum Gasteiger partial charge on any atom is 0.184 e. The van der Waals surface area contributed by atoms with Gasteiger partial charge in [-0.05, 0) is 36.8 Å². The lowest BCUT2D eigenvalue weighted by Crippen LogP contribution is -2.06. The lowest BCUT2D eigenvalue weighted by Gasteiger charge is -2.12.